The molecule has 0 spiro atoms. The van der Waals surface area contributed by atoms with Gasteiger partial charge in [-0.05, 0) is 25.8 Å². The van der Waals surface area contributed by atoms with Crippen LogP contribution in [0.5, 0.6) is 11.8 Å². The van der Waals surface area contributed by atoms with Crippen LogP contribution in [0.15, 0.2) is 30.7 Å². The van der Waals surface area contributed by atoms with Crippen LogP contribution in [-0.2, 0) is 13.0 Å². The fourth-order valence-electron chi connectivity index (χ4n) is 2.59. The largest absolute Gasteiger partial charge is 0.423 e. The lowest BCUT2D eigenvalue weighted by Gasteiger charge is -2.05. The highest BCUT2D eigenvalue weighted by Crippen LogP contribution is 2.24. The lowest BCUT2D eigenvalue weighted by Crippen LogP contribution is -1.99. The van der Waals surface area contributed by atoms with Crippen LogP contribution in [0.3, 0.4) is 0 Å². The Bertz CT molecular complexity index is 794. The maximum atomic E-state index is 5.87. The van der Waals surface area contributed by atoms with E-state index in [4.69, 9.17) is 4.74 Å². The second-order valence-electron chi connectivity index (χ2n) is 5.30. The highest BCUT2D eigenvalue weighted by atomic mass is 16.5. The molecule has 0 atom stereocenters. The van der Waals surface area contributed by atoms with Crippen molar-refractivity contribution in [3.05, 3.63) is 42.1 Å². The molecule has 0 aliphatic carbocycles. The van der Waals surface area contributed by atoms with E-state index in [1.54, 1.807) is 12.4 Å². The number of pyridine rings is 1. The van der Waals surface area contributed by atoms with Crippen molar-refractivity contribution in [1.29, 1.82) is 0 Å². The van der Waals surface area contributed by atoms with Crippen molar-refractivity contribution in [2.45, 2.75) is 40.2 Å². The first-order valence-corrected chi connectivity index (χ1v) is 7.66. The average molecular weight is 296 g/mol. The lowest BCUT2D eigenvalue weighted by atomic mass is 10.2. The zero-order valence-corrected chi connectivity index (χ0v) is 13.2. The fraction of sp³-hybridized carbons (Fsp3) is 0.353. The van der Waals surface area contributed by atoms with Crippen LogP contribution in [0.25, 0.3) is 10.9 Å². The predicted molar refractivity (Wildman–Crippen MR) is 86.2 cm³/mol. The molecule has 3 aromatic heterocycles. The standard InChI is InChI=1S/C17H20N4O/c1-4-8-21-11-14(9-13(21)5-2)22-17-19-12(3)15-6-7-18-10-16(15)20-17/h6-7,9-11H,4-5,8H2,1-3H3. The third-order valence-corrected chi connectivity index (χ3v) is 3.67. The number of rotatable bonds is 5. The minimum atomic E-state index is 0.370. The molecule has 3 aromatic rings. The summed E-state index contributed by atoms with van der Waals surface area (Å²) in [6.07, 6.45) is 7.58. The van der Waals surface area contributed by atoms with Gasteiger partial charge in [-0.15, -0.1) is 0 Å². The van der Waals surface area contributed by atoms with Crippen molar-refractivity contribution in [2.24, 2.45) is 0 Å². The number of hydrogen-bond donors (Lipinski definition) is 0. The number of hydrogen-bond acceptors (Lipinski definition) is 4. The molecule has 0 aliphatic rings. The summed E-state index contributed by atoms with van der Waals surface area (Å²) in [5, 5.41) is 1.00. The van der Waals surface area contributed by atoms with Gasteiger partial charge >= 0.3 is 6.01 Å². The summed E-state index contributed by atoms with van der Waals surface area (Å²) in [7, 11) is 0. The van der Waals surface area contributed by atoms with Crippen molar-refractivity contribution in [1.82, 2.24) is 19.5 Å². The molecule has 3 rings (SSSR count). The number of fused-ring (bicyclic) bond motifs is 1. The van der Waals surface area contributed by atoms with Gasteiger partial charge in [-0.3, -0.25) is 4.98 Å². The Kier molecular flexibility index (Phi) is 4.04. The molecule has 0 aromatic carbocycles. The zero-order chi connectivity index (χ0) is 15.5. The smallest absolute Gasteiger partial charge is 0.322 e. The van der Waals surface area contributed by atoms with E-state index >= 15 is 0 Å². The summed E-state index contributed by atoms with van der Waals surface area (Å²) in [4.78, 5) is 13.0. The summed E-state index contributed by atoms with van der Waals surface area (Å²) >= 11 is 0. The van der Waals surface area contributed by atoms with Gasteiger partial charge in [0, 0.05) is 36.1 Å². The highest BCUT2D eigenvalue weighted by Gasteiger charge is 2.10. The highest BCUT2D eigenvalue weighted by molar-refractivity contribution is 5.79. The Morgan fingerprint density at radius 1 is 1.23 bits per heavy atom. The van der Waals surface area contributed by atoms with E-state index in [1.165, 1.54) is 5.69 Å². The average Bonchev–Trinajstić information content (AvgIpc) is 2.89. The predicted octanol–water partition coefficient (Wildman–Crippen LogP) is 3.90. The van der Waals surface area contributed by atoms with Crippen LogP contribution < -0.4 is 4.74 Å². The third-order valence-electron chi connectivity index (χ3n) is 3.67. The van der Waals surface area contributed by atoms with Gasteiger partial charge in [0.05, 0.1) is 17.4 Å². The first kappa shape index (κ1) is 14.5. The minimum absolute atomic E-state index is 0.370. The topological polar surface area (TPSA) is 52.8 Å². The molecular weight excluding hydrogens is 276 g/mol. The molecule has 5 nitrogen and oxygen atoms in total. The molecule has 0 saturated carbocycles. The molecule has 0 amide bonds. The fourth-order valence-corrected chi connectivity index (χ4v) is 2.59. The van der Waals surface area contributed by atoms with Crippen LogP contribution in [0.1, 0.15) is 31.7 Å². The first-order valence-electron chi connectivity index (χ1n) is 7.66. The van der Waals surface area contributed by atoms with Crippen molar-refractivity contribution in [2.75, 3.05) is 0 Å². The SMILES string of the molecule is CCCn1cc(Oc2nc(C)c3ccncc3n2)cc1CC. The van der Waals surface area contributed by atoms with Crippen molar-refractivity contribution in [3.8, 4) is 11.8 Å². The molecule has 5 heteroatoms. The van der Waals surface area contributed by atoms with E-state index in [0.717, 1.165) is 41.7 Å². The first-order chi connectivity index (χ1) is 10.7. The number of aryl methyl sites for hydroxylation is 3. The van der Waals surface area contributed by atoms with Gasteiger partial charge in [-0.1, -0.05) is 13.8 Å². The van der Waals surface area contributed by atoms with Gasteiger partial charge in [-0.2, -0.15) is 9.97 Å². The van der Waals surface area contributed by atoms with Gasteiger partial charge in [0.15, 0.2) is 0 Å². The Hall–Kier alpha value is -2.43. The maximum absolute atomic E-state index is 5.87. The van der Waals surface area contributed by atoms with Gasteiger partial charge in [0.2, 0.25) is 0 Å². The molecule has 0 radical (unpaired) electrons. The van der Waals surface area contributed by atoms with Gasteiger partial charge in [0.1, 0.15) is 5.75 Å². The van der Waals surface area contributed by atoms with Crippen LogP contribution in [0, 0.1) is 6.92 Å². The summed E-state index contributed by atoms with van der Waals surface area (Å²) in [6, 6.07) is 4.35. The van der Waals surface area contributed by atoms with E-state index in [2.05, 4.69) is 39.4 Å². The molecule has 3 heterocycles. The van der Waals surface area contributed by atoms with Gasteiger partial charge in [0.25, 0.3) is 0 Å². The van der Waals surface area contributed by atoms with E-state index < -0.39 is 0 Å². The molecule has 0 saturated heterocycles. The number of ether oxygens (including phenoxy) is 1. The quantitative estimate of drug-likeness (QED) is 0.716. The van der Waals surface area contributed by atoms with Gasteiger partial charge in [-0.25, -0.2) is 0 Å². The third kappa shape index (κ3) is 2.79. The summed E-state index contributed by atoms with van der Waals surface area (Å²) in [5.74, 6) is 0.785. The van der Waals surface area contributed by atoms with Crippen LogP contribution in [0.2, 0.25) is 0 Å². The normalized spacial score (nSPS) is 11.0. The monoisotopic (exact) mass is 296 g/mol. The number of nitrogens with zero attached hydrogens (tertiary/aromatic N) is 4. The number of aromatic nitrogens is 4. The summed E-state index contributed by atoms with van der Waals surface area (Å²) < 4.78 is 8.09. The van der Waals surface area contributed by atoms with Crippen LogP contribution in [-0.4, -0.2) is 19.5 Å². The second kappa shape index (κ2) is 6.13. The molecule has 0 N–H and O–H groups in total. The Labute approximate surface area is 130 Å². The van der Waals surface area contributed by atoms with E-state index in [9.17, 15) is 0 Å². The minimum Gasteiger partial charge on any atom is -0.423 e. The van der Waals surface area contributed by atoms with E-state index in [-0.39, 0.29) is 0 Å². The maximum Gasteiger partial charge on any atom is 0.322 e. The zero-order valence-electron chi connectivity index (χ0n) is 13.2. The Balaban J connectivity index is 1.93. The van der Waals surface area contributed by atoms with E-state index in [1.807, 2.05) is 19.2 Å². The van der Waals surface area contributed by atoms with Crippen molar-refractivity contribution in [3.63, 3.8) is 0 Å². The Morgan fingerprint density at radius 2 is 2.09 bits per heavy atom. The molecule has 114 valence electrons. The van der Waals surface area contributed by atoms with E-state index in [0.29, 0.717) is 6.01 Å². The molecular formula is C17H20N4O. The second-order valence-corrected chi connectivity index (χ2v) is 5.30. The van der Waals surface area contributed by atoms with Crippen molar-refractivity contribution < 1.29 is 4.74 Å². The summed E-state index contributed by atoms with van der Waals surface area (Å²) in [6.45, 7) is 7.26. The van der Waals surface area contributed by atoms with Crippen molar-refractivity contribution >= 4 is 10.9 Å². The van der Waals surface area contributed by atoms with Crippen LogP contribution in [0.4, 0.5) is 0 Å². The molecule has 0 fully saturated rings. The molecule has 0 aliphatic heterocycles. The molecule has 0 bridgehead atoms. The molecule has 22 heavy (non-hydrogen) atoms. The van der Waals surface area contributed by atoms with Crippen LogP contribution >= 0.6 is 0 Å². The van der Waals surface area contributed by atoms with Gasteiger partial charge < -0.3 is 9.30 Å². The lowest BCUT2D eigenvalue weighted by molar-refractivity contribution is 0.441. The Morgan fingerprint density at radius 3 is 2.86 bits per heavy atom. The summed E-state index contributed by atoms with van der Waals surface area (Å²) in [5.41, 5.74) is 2.95. The molecule has 0 unspecified atom stereocenters.